The normalized spacial score (nSPS) is 13.4. The Labute approximate surface area is 577 Å². The first-order chi connectivity index (χ1) is 44.9. The van der Waals surface area contributed by atoms with Gasteiger partial charge in [0.1, 0.15) is 71.7 Å². The molecule has 18 nitrogen and oxygen atoms in total. The minimum Gasteiger partial charge on any atom is -0.496 e. The van der Waals surface area contributed by atoms with E-state index in [0.717, 1.165) is 34.2 Å². The topological polar surface area (TPSA) is 217 Å². The molecule has 0 unspecified atom stereocenters. The predicted octanol–water partition coefficient (Wildman–Crippen LogP) is 12.4. The maximum absolute atomic E-state index is 14.0. The molecular formula is C72H84Cl3N6O12S3+3. The Bertz CT molecular complexity index is 4200. The van der Waals surface area contributed by atoms with Crippen molar-refractivity contribution in [2.75, 3.05) is 21.3 Å². The van der Waals surface area contributed by atoms with E-state index < -0.39 is 43.4 Å². The number of imidazole rings is 3. The van der Waals surface area contributed by atoms with Crippen molar-refractivity contribution in [3.05, 3.63) is 211 Å². The molecule has 0 radical (unpaired) electrons. The SMILES string of the molecule is COc1c2cc(S(=O)(=O)Cl)cc1Cc1cc(C(C)(C)C)cc(c1OCc1[nH]cc[n+]1C)Cc1cc(S(=O)(=O)Cl)cc(c1OC)Cc1cc(C(C)(C)C)cc(c1OCc1[nH]cc[n+]1C)Cc1cc(S(=O)(=O)Cl)cc(c1OC)Cc1cc(C(C)(C)C)cc(c1OCc1[nH]cc[n+]1C)C2. The van der Waals surface area contributed by atoms with Crippen LogP contribution in [0.25, 0.3) is 0 Å². The van der Waals surface area contributed by atoms with Gasteiger partial charge in [0.2, 0.25) is 0 Å². The number of nitrogens with zero attached hydrogens (tertiary/aromatic N) is 3. The van der Waals surface area contributed by atoms with Crippen LogP contribution in [0.4, 0.5) is 0 Å². The number of hydrogen-bond acceptors (Lipinski definition) is 12. The number of nitrogens with one attached hydrogen (secondary N) is 3. The number of aryl methyl sites for hydroxylation is 3. The van der Waals surface area contributed by atoms with Crippen molar-refractivity contribution in [3.63, 3.8) is 0 Å². The molecule has 0 saturated heterocycles. The van der Waals surface area contributed by atoms with Gasteiger partial charge in [-0.15, -0.1) is 0 Å². The van der Waals surface area contributed by atoms with Gasteiger partial charge >= 0.3 is 0 Å². The van der Waals surface area contributed by atoms with Gasteiger partial charge in [-0.1, -0.05) is 98.7 Å². The largest absolute Gasteiger partial charge is 0.496 e. The second kappa shape index (κ2) is 27.4. The molecule has 9 aromatic rings. The maximum Gasteiger partial charge on any atom is 0.292 e. The van der Waals surface area contributed by atoms with Gasteiger partial charge in [-0.3, -0.25) is 0 Å². The van der Waals surface area contributed by atoms with Crippen LogP contribution < -0.4 is 42.1 Å². The van der Waals surface area contributed by atoms with Crippen LogP contribution in [-0.2, 0) is 123 Å². The number of halogens is 3. The average Bonchev–Trinajstić information content (AvgIpc) is 0.801. The van der Waals surface area contributed by atoms with E-state index in [1.54, 1.807) is 18.6 Å². The van der Waals surface area contributed by atoms with Crippen molar-refractivity contribution in [1.29, 1.82) is 0 Å². The number of methoxy groups -OCH3 is 3. The van der Waals surface area contributed by atoms with Crippen LogP contribution in [0.5, 0.6) is 34.5 Å². The Hall–Kier alpha value is -7.53. The number of aromatic amines is 3. The lowest BCUT2D eigenvalue weighted by Crippen LogP contribution is -2.31. The molecule has 6 aromatic carbocycles. The number of hydrogen-bond donors (Lipinski definition) is 3. The molecule has 0 amide bonds. The highest BCUT2D eigenvalue weighted by Gasteiger charge is 2.32. The summed E-state index contributed by atoms with van der Waals surface area (Å²) in [5, 5.41) is 0. The van der Waals surface area contributed by atoms with Crippen LogP contribution in [-0.4, -0.2) is 61.5 Å². The summed E-state index contributed by atoms with van der Waals surface area (Å²) in [7, 11) is 16.3. The first kappa shape index (κ1) is 71.2. The van der Waals surface area contributed by atoms with Crippen molar-refractivity contribution >= 4 is 59.2 Å². The van der Waals surface area contributed by atoms with Crippen LogP contribution in [0, 0.1) is 0 Å². The van der Waals surface area contributed by atoms with Gasteiger partial charge in [-0.05, 0) is 103 Å². The lowest BCUT2D eigenvalue weighted by Gasteiger charge is -2.27. The zero-order valence-electron chi connectivity index (χ0n) is 56.9. The highest BCUT2D eigenvalue weighted by atomic mass is 35.7. The van der Waals surface area contributed by atoms with Crippen LogP contribution in [0.2, 0.25) is 0 Å². The van der Waals surface area contributed by atoms with Crippen LogP contribution in [0.3, 0.4) is 0 Å². The molecule has 0 atom stereocenters. The van der Waals surface area contributed by atoms with E-state index >= 15 is 0 Å². The monoisotopic (exact) mass is 1430 g/mol. The molecule has 0 saturated carbocycles. The van der Waals surface area contributed by atoms with Crippen molar-refractivity contribution < 1.29 is 67.4 Å². The second-order valence-corrected chi connectivity index (χ2v) is 35.4. The first-order valence-electron chi connectivity index (χ1n) is 31.3. The molecule has 0 spiro atoms. The van der Waals surface area contributed by atoms with Crippen LogP contribution >= 0.6 is 32.0 Å². The Kier molecular flexibility index (Phi) is 20.3. The molecular weight excluding hydrogens is 1340 g/mol. The smallest absolute Gasteiger partial charge is 0.292 e. The molecule has 0 fully saturated rings. The highest BCUT2D eigenvalue weighted by molar-refractivity contribution is 8.14. The number of rotatable bonds is 15. The quantitative estimate of drug-likeness (QED) is 0.0645. The average molecular weight is 1430 g/mol. The van der Waals surface area contributed by atoms with Crippen molar-refractivity contribution in [3.8, 4) is 34.5 Å². The van der Waals surface area contributed by atoms with E-state index in [0.29, 0.717) is 101 Å². The molecule has 12 bridgehead atoms. The van der Waals surface area contributed by atoms with E-state index in [2.05, 4.69) is 77.3 Å². The summed E-state index contributed by atoms with van der Waals surface area (Å²) in [5.74, 6) is 4.59. The lowest BCUT2D eigenvalue weighted by atomic mass is 9.81. The molecule has 3 heterocycles. The molecule has 1 aliphatic rings. The van der Waals surface area contributed by atoms with Crippen LogP contribution in [0.1, 0.15) is 163 Å². The molecule has 0 aliphatic heterocycles. The standard InChI is InChI=1S/C72H81Cl3N6O12S3/c1-70(2,3)55-28-43-22-49-34-58(94(73,82)83)36-51(64(49)88-13)24-45-30-56(71(4,5)6)32-47(68(45)92-41-62-77-17-20-80(62)11)26-53-38-60(96(75,86)87)39-54(66(53)90-15)27-48-33-57(72(7,8)9)31-46(69(48)93-42-63-78-18-21-81(63)12)25-52-37-59(95(74,84)85)35-50(65(52)89-14)23-44(29-55)67(43)91-40-61-76-16-19-79(61)10/h16-21,28-39H,22-27,40-42H2,1-15H3/p+3. The Balaban J connectivity index is 1.35. The minimum atomic E-state index is -4.45. The molecule has 510 valence electrons. The van der Waals surface area contributed by atoms with E-state index in [4.69, 9.17) is 60.5 Å². The first-order valence-corrected chi connectivity index (χ1v) is 38.2. The predicted molar refractivity (Wildman–Crippen MR) is 369 cm³/mol. The Morgan fingerprint density at radius 3 is 0.677 bits per heavy atom. The fourth-order valence-electron chi connectivity index (χ4n) is 12.5. The van der Waals surface area contributed by atoms with E-state index in [9.17, 15) is 25.3 Å². The fourth-order valence-corrected chi connectivity index (χ4v) is 15.0. The van der Waals surface area contributed by atoms with Crippen LogP contribution in [0.15, 0.2) is 125 Å². The third-order valence-corrected chi connectivity index (χ3v) is 21.7. The Morgan fingerprint density at radius 1 is 0.344 bits per heavy atom. The van der Waals surface area contributed by atoms with Crippen molar-refractivity contribution in [1.82, 2.24) is 15.0 Å². The summed E-state index contributed by atoms with van der Waals surface area (Å²) in [5.41, 5.74) is 7.76. The van der Waals surface area contributed by atoms with Gasteiger partial charge in [0.15, 0.2) is 19.8 Å². The highest BCUT2D eigenvalue weighted by Crippen LogP contribution is 2.46. The number of benzene rings is 6. The molecule has 24 heteroatoms. The molecule has 10 rings (SSSR count). The van der Waals surface area contributed by atoms with Gasteiger partial charge in [-0.2, -0.15) is 0 Å². The molecule has 3 N–H and O–H groups in total. The van der Waals surface area contributed by atoms with Gasteiger partial charge in [-0.25, -0.2) is 53.9 Å². The van der Waals surface area contributed by atoms with Gasteiger partial charge in [0.05, 0.1) is 57.2 Å². The second-order valence-electron chi connectivity index (χ2n) is 27.7. The summed E-state index contributed by atoms with van der Waals surface area (Å²) in [6.07, 6.45) is 11.2. The number of H-pyrrole nitrogens is 3. The summed E-state index contributed by atoms with van der Waals surface area (Å²) in [6.45, 7) is 18.9. The third-order valence-electron chi connectivity index (χ3n) is 17.7. The minimum absolute atomic E-state index is 0.0374. The third kappa shape index (κ3) is 15.9. The van der Waals surface area contributed by atoms with Gasteiger partial charge in [0.25, 0.3) is 44.6 Å². The van der Waals surface area contributed by atoms with E-state index in [-0.39, 0.29) is 73.0 Å². The summed E-state index contributed by atoms with van der Waals surface area (Å²) in [6, 6.07) is 21.4. The van der Waals surface area contributed by atoms with E-state index in [1.165, 1.54) is 57.7 Å². The van der Waals surface area contributed by atoms with Crippen molar-refractivity contribution in [2.45, 2.75) is 152 Å². The zero-order valence-corrected chi connectivity index (χ0v) is 61.6. The Morgan fingerprint density at radius 2 is 0.531 bits per heavy atom. The summed E-state index contributed by atoms with van der Waals surface area (Å²) >= 11 is 0. The summed E-state index contributed by atoms with van der Waals surface area (Å²) < 4.78 is 130. The van der Waals surface area contributed by atoms with Gasteiger partial charge < -0.3 is 28.4 Å². The number of fused-ring (bicyclic) bond motifs is 12. The maximum atomic E-state index is 14.0. The zero-order chi connectivity index (χ0) is 69.8. The van der Waals surface area contributed by atoms with Gasteiger partial charge in [0, 0.05) is 104 Å². The molecule has 1 aliphatic carbocycles. The molecule has 96 heavy (non-hydrogen) atoms. The summed E-state index contributed by atoms with van der Waals surface area (Å²) in [4.78, 5) is 9.30. The number of ether oxygens (including phenoxy) is 6. The fraction of sp³-hybridized carbons (Fsp3) is 0.375. The van der Waals surface area contributed by atoms with E-state index in [1.807, 2.05) is 89.8 Å². The lowest BCUT2D eigenvalue weighted by molar-refractivity contribution is -0.679. The molecule has 3 aromatic heterocycles. The van der Waals surface area contributed by atoms with Crippen molar-refractivity contribution in [2.24, 2.45) is 21.1 Å². The number of aromatic nitrogens is 6.